The predicted octanol–water partition coefficient (Wildman–Crippen LogP) is 3.41. The maximum atomic E-state index is 11.9. The van der Waals surface area contributed by atoms with E-state index in [4.69, 9.17) is 16.3 Å². The highest BCUT2D eigenvalue weighted by molar-refractivity contribution is 6.30. The first-order valence-corrected chi connectivity index (χ1v) is 6.49. The van der Waals surface area contributed by atoms with Crippen LogP contribution < -0.4 is 0 Å². The number of hydrogen-bond acceptors (Lipinski definition) is 2. The van der Waals surface area contributed by atoms with Crippen LogP contribution in [0.1, 0.15) is 31.2 Å². The van der Waals surface area contributed by atoms with Crippen LogP contribution in [0, 0.1) is 0 Å². The van der Waals surface area contributed by atoms with Gasteiger partial charge in [-0.1, -0.05) is 23.7 Å². The molecule has 0 N–H and O–H groups in total. The minimum atomic E-state index is 0.142. The van der Waals surface area contributed by atoms with Crippen LogP contribution in [0.5, 0.6) is 0 Å². The number of halogens is 1. The van der Waals surface area contributed by atoms with E-state index in [2.05, 4.69) is 0 Å². The fraction of sp³-hybridized carbons (Fsp3) is 0.500. The Morgan fingerprint density at radius 2 is 2.06 bits per heavy atom. The molecule has 92 valence electrons. The molecule has 1 aliphatic rings. The fourth-order valence-corrected chi connectivity index (χ4v) is 2.25. The lowest BCUT2D eigenvalue weighted by Crippen LogP contribution is -2.23. The maximum Gasteiger partial charge on any atom is 0.139 e. The Morgan fingerprint density at radius 3 is 2.71 bits per heavy atom. The maximum absolute atomic E-state index is 11.9. The number of rotatable bonds is 4. The Morgan fingerprint density at radius 1 is 1.29 bits per heavy atom. The molecule has 0 aromatic heterocycles. The van der Waals surface area contributed by atoms with Crippen LogP contribution in [0.15, 0.2) is 24.3 Å². The van der Waals surface area contributed by atoms with Crippen LogP contribution in [0.2, 0.25) is 5.02 Å². The van der Waals surface area contributed by atoms with Crippen LogP contribution in [0.25, 0.3) is 0 Å². The molecule has 0 spiro atoms. The van der Waals surface area contributed by atoms with Crippen LogP contribution in [0.3, 0.4) is 0 Å². The van der Waals surface area contributed by atoms with Gasteiger partial charge >= 0.3 is 0 Å². The quantitative estimate of drug-likeness (QED) is 0.821. The van der Waals surface area contributed by atoms with Gasteiger partial charge in [0.15, 0.2) is 0 Å². The standard InChI is InChI=1S/C14H17ClO2/c15-12-6-4-11(5-7-12)9-13(16)10-14-3-1-2-8-17-14/h4-7,14H,1-3,8-10H2. The number of carbonyl (C=O) groups excluding carboxylic acids is 1. The summed E-state index contributed by atoms with van der Waals surface area (Å²) >= 11 is 5.80. The summed E-state index contributed by atoms with van der Waals surface area (Å²) in [7, 11) is 0. The van der Waals surface area contributed by atoms with E-state index in [0.29, 0.717) is 17.9 Å². The third-order valence-corrected chi connectivity index (χ3v) is 3.30. The molecular formula is C14H17ClO2. The van der Waals surface area contributed by atoms with Crippen molar-refractivity contribution >= 4 is 17.4 Å². The monoisotopic (exact) mass is 252 g/mol. The summed E-state index contributed by atoms with van der Waals surface area (Å²) < 4.78 is 5.56. The van der Waals surface area contributed by atoms with Crippen molar-refractivity contribution in [3.05, 3.63) is 34.9 Å². The second-order valence-corrected chi connectivity index (χ2v) is 4.97. The number of ketones is 1. The molecule has 0 radical (unpaired) electrons. The number of benzene rings is 1. The van der Waals surface area contributed by atoms with Gasteiger partial charge in [-0.3, -0.25) is 4.79 Å². The lowest BCUT2D eigenvalue weighted by atomic mass is 10.0. The van der Waals surface area contributed by atoms with Gasteiger partial charge in [0.2, 0.25) is 0 Å². The normalized spacial score (nSPS) is 20.2. The minimum absolute atomic E-state index is 0.142. The largest absolute Gasteiger partial charge is 0.378 e. The second-order valence-electron chi connectivity index (χ2n) is 4.53. The van der Waals surface area contributed by atoms with Crippen LogP contribution in [0.4, 0.5) is 0 Å². The number of ether oxygens (including phenoxy) is 1. The van der Waals surface area contributed by atoms with E-state index in [1.807, 2.05) is 24.3 Å². The van der Waals surface area contributed by atoms with Crippen molar-refractivity contribution in [1.82, 2.24) is 0 Å². The summed E-state index contributed by atoms with van der Waals surface area (Å²) in [4.78, 5) is 11.9. The second kappa shape index (κ2) is 6.18. The molecule has 0 amide bonds. The smallest absolute Gasteiger partial charge is 0.139 e. The highest BCUT2D eigenvalue weighted by atomic mass is 35.5. The Kier molecular flexibility index (Phi) is 4.57. The van der Waals surface area contributed by atoms with Crippen LogP contribution in [-0.2, 0) is 16.0 Å². The van der Waals surface area contributed by atoms with Gasteiger partial charge in [0.05, 0.1) is 6.10 Å². The van der Waals surface area contributed by atoms with E-state index in [1.165, 1.54) is 6.42 Å². The van der Waals surface area contributed by atoms with Crippen molar-refractivity contribution in [1.29, 1.82) is 0 Å². The Hall–Kier alpha value is -0.860. The van der Waals surface area contributed by atoms with Gasteiger partial charge < -0.3 is 4.74 Å². The molecule has 1 saturated heterocycles. The number of Topliss-reactive ketones (excluding diaryl/α,β-unsaturated/α-hetero) is 1. The summed E-state index contributed by atoms with van der Waals surface area (Å²) in [6.07, 6.45) is 4.50. The zero-order chi connectivity index (χ0) is 12.1. The molecule has 0 saturated carbocycles. The first-order valence-electron chi connectivity index (χ1n) is 6.12. The van der Waals surface area contributed by atoms with Crippen LogP contribution in [-0.4, -0.2) is 18.5 Å². The van der Waals surface area contributed by atoms with Crippen LogP contribution >= 0.6 is 11.6 Å². The lowest BCUT2D eigenvalue weighted by Gasteiger charge is -2.21. The molecule has 1 aliphatic heterocycles. The molecule has 1 fully saturated rings. The van der Waals surface area contributed by atoms with Gasteiger partial charge in [0.25, 0.3) is 0 Å². The van der Waals surface area contributed by atoms with Crippen molar-refractivity contribution in [2.24, 2.45) is 0 Å². The number of carbonyl (C=O) groups is 1. The Balaban J connectivity index is 1.82. The van der Waals surface area contributed by atoms with E-state index >= 15 is 0 Å². The molecule has 2 rings (SSSR count). The summed E-state index contributed by atoms with van der Waals surface area (Å²) in [6.45, 7) is 0.804. The van der Waals surface area contributed by atoms with Gasteiger partial charge in [-0.15, -0.1) is 0 Å². The van der Waals surface area contributed by atoms with E-state index in [9.17, 15) is 4.79 Å². The van der Waals surface area contributed by atoms with Gasteiger partial charge in [-0.2, -0.15) is 0 Å². The molecule has 1 atom stereocenters. The topological polar surface area (TPSA) is 26.3 Å². The highest BCUT2D eigenvalue weighted by Crippen LogP contribution is 2.17. The molecule has 1 heterocycles. The van der Waals surface area contributed by atoms with Gasteiger partial charge in [-0.05, 0) is 37.0 Å². The van der Waals surface area contributed by atoms with Crippen molar-refractivity contribution in [2.45, 2.75) is 38.2 Å². The highest BCUT2D eigenvalue weighted by Gasteiger charge is 2.17. The van der Waals surface area contributed by atoms with E-state index in [-0.39, 0.29) is 11.9 Å². The molecule has 3 heteroatoms. The third kappa shape index (κ3) is 4.14. The Labute approximate surface area is 107 Å². The fourth-order valence-electron chi connectivity index (χ4n) is 2.12. The van der Waals surface area contributed by atoms with Crippen molar-refractivity contribution in [2.75, 3.05) is 6.61 Å². The average molecular weight is 253 g/mol. The lowest BCUT2D eigenvalue weighted by molar-refractivity contribution is -0.122. The average Bonchev–Trinajstić information content (AvgIpc) is 2.33. The molecule has 0 bridgehead atoms. The van der Waals surface area contributed by atoms with Gasteiger partial charge in [0.1, 0.15) is 5.78 Å². The molecule has 0 aliphatic carbocycles. The van der Waals surface area contributed by atoms with Crippen molar-refractivity contribution < 1.29 is 9.53 Å². The van der Waals surface area contributed by atoms with E-state index < -0.39 is 0 Å². The predicted molar refractivity (Wildman–Crippen MR) is 68.4 cm³/mol. The van der Waals surface area contributed by atoms with Gasteiger partial charge in [-0.25, -0.2) is 0 Å². The van der Waals surface area contributed by atoms with Crippen molar-refractivity contribution in [3.8, 4) is 0 Å². The molecule has 17 heavy (non-hydrogen) atoms. The first-order chi connectivity index (χ1) is 8.24. The zero-order valence-electron chi connectivity index (χ0n) is 9.82. The summed E-state index contributed by atoms with van der Waals surface area (Å²) in [5.41, 5.74) is 1.02. The molecule has 1 unspecified atom stereocenters. The van der Waals surface area contributed by atoms with E-state index in [0.717, 1.165) is 25.0 Å². The molecule has 1 aromatic carbocycles. The summed E-state index contributed by atoms with van der Waals surface area (Å²) in [5, 5.41) is 0.705. The molecular weight excluding hydrogens is 236 g/mol. The third-order valence-electron chi connectivity index (χ3n) is 3.04. The first kappa shape index (κ1) is 12.6. The summed E-state index contributed by atoms with van der Waals surface area (Å²) in [5.74, 6) is 0.249. The van der Waals surface area contributed by atoms with E-state index in [1.54, 1.807) is 0 Å². The van der Waals surface area contributed by atoms with Crippen molar-refractivity contribution in [3.63, 3.8) is 0 Å². The Bertz CT molecular complexity index is 366. The summed E-state index contributed by atoms with van der Waals surface area (Å²) in [6, 6.07) is 7.45. The van der Waals surface area contributed by atoms with Gasteiger partial charge in [0, 0.05) is 24.5 Å². The SMILES string of the molecule is O=C(Cc1ccc(Cl)cc1)CC1CCCCO1. The molecule has 2 nitrogen and oxygen atoms in total. The number of hydrogen-bond donors (Lipinski definition) is 0. The minimum Gasteiger partial charge on any atom is -0.378 e. The zero-order valence-corrected chi connectivity index (χ0v) is 10.6. The molecule has 1 aromatic rings.